The number of benzene rings is 1. The summed E-state index contributed by atoms with van der Waals surface area (Å²) in [6.07, 6.45) is 4.45. The number of halogens is 2. The van der Waals surface area contributed by atoms with Crippen LogP contribution in [-0.2, 0) is 9.65 Å². The van der Waals surface area contributed by atoms with Gasteiger partial charge in [-0.15, -0.1) is 11.3 Å². The van der Waals surface area contributed by atoms with E-state index in [4.69, 9.17) is 4.98 Å². The zero-order valence-corrected chi connectivity index (χ0v) is 18.9. The van der Waals surface area contributed by atoms with Crippen LogP contribution in [-0.4, -0.2) is 10.8 Å². The molecule has 2 nitrogen and oxygen atoms in total. The van der Waals surface area contributed by atoms with Crippen molar-refractivity contribution in [2.24, 2.45) is 5.41 Å². The molecule has 0 bridgehead atoms. The molecule has 0 saturated heterocycles. The minimum atomic E-state index is -0.0982. The maximum atomic E-state index is 12.3. The van der Waals surface area contributed by atoms with Crippen LogP contribution in [0.15, 0.2) is 24.3 Å². The van der Waals surface area contributed by atoms with Crippen molar-refractivity contribution in [3.05, 3.63) is 39.7 Å². The van der Waals surface area contributed by atoms with E-state index in [2.05, 4.69) is 57.8 Å². The Balaban J connectivity index is 2.06. The number of carbonyl (C=O) groups is 1. The van der Waals surface area contributed by atoms with Gasteiger partial charge in [0.15, 0.2) is 5.78 Å². The molecule has 3 rings (SSSR count). The topological polar surface area (TPSA) is 30.0 Å². The fraction of sp³-hybridized carbons (Fsp3) is 0.500. The van der Waals surface area contributed by atoms with E-state index in [1.165, 1.54) is 12.8 Å². The van der Waals surface area contributed by atoms with Gasteiger partial charge in [0.25, 0.3) is 0 Å². The molecular formula is C20H23Br2NOS. The number of hydrogen-bond acceptors (Lipinski definition) is 3. The second-order valence-corrected chi connectivity index (χ2v) is 10.8. The zero-order valence-electron chi connectivity index (χ0n) is 14.9. The van der Waals surface area contributed by atoms with Gasteiger partial charge in [-0.3, -0.25) is 4.79 Å². The first kappa shape index (κ1) is 19.2. The van der Waals surface area contributed by atoms with Gasteiger partial charge >= 0.3 is 0 Å². The number of alkyl halides is 2. The molecular weight excluding hydrogens is 462 g/mol. The Labute approximate surface area is 170 Å². The van der Waals surface area contributed by atoms with Crippen LogP contribution in [0.25, 0.3) is 11.3 Å². The predicted octanol–water partition coefficient (Wildman–Crippen LogP) is 7.10. The van der Waals surface area contributed by atoms with Gasteiger partial charge in [-0.25, -0.2) is 4.98 Å². The standard InChI is InChI=1S/C20H23Br2NOS/c1-13(24)17-16(15-7-5-4-6-14(15)12-21)23-18(25-17)20(22)10-8-19(2,3)9-11-20/h4-7H,8-12H2,1-3H3. The van der Waals surface area contributed by atoms with Crippen LogP contribution in [0.3, 0.4) is 0 Å². The monoisotopic (exact) mass is 483 g/mol. The Morgan fingerprint density at radius 3 is 2.44 bits per heavy atom. The van der Waals surface area contributed by atoms with Crippen LogP contribution >= 0.6 is 43.2 Å². The highest BCUT2D eigenvalue weighted by atomic mass is 79.9. The molecule has 0 N–H and O–H groups in total. The molecule has 1 aliphatic rings. The Bertz CT molecular complexity index is 787. The van der Waals surface area contributed by atoms with Gasteiger partial charge in [-0.1, -0.05) is 70.0 Å². The molecule has 0 unspecified atom stereocenters. The molecule has 2 aromatic rings. The van der Waals surface area contributed by atoms with Crippen molar-refractivity contribution >= 4 is 49.0 Å². The van der Waals surface area contributed by atoms with E-state index < -0.39 is 0 Å². The average Bonchev–Trinajstić information content (AvgIpc) is 3.04. The Kier molecular flexibility index (Phi) is 5.57. The van der Waals surface area contributed by atoms with Crippen molar-refractivity contribution in [2.45, 2.75) is 56.1 Å². The van der Waals surface area contributed by atoms with Gasteiger partial charge in [0.2, 0.25) is 0 Å². The molecule has 0 spiro atoms. The molecule has 1 fully saturated rings. The largest absolute Gasteiger partial charge is 0.294 e. The molecule has 1 heterocycles. The summed E-state index contributed by atoms with van der Waals surface area (Å²) >= 11 is 9.11. The normalized spacial score (nSPS) is 18.9. The van der Waals surface area contributed by atoms with Crippen LogP contribution in [0.4, 0.5) is 0 Å². The molecule has 0 aliphatic heterocycles. The summed E-state index contributed by atoms with van der Waals surface area (Å²) in [5, 5.41) is 1.80. The highest BCUT2D eigenvalue weighted by molar-refractivity contribution is 9.09. The Morgan fingerprint density at radius 2 is 1.84 bits per heavy atom. The summed E-state index contributed by atoms with van der Waals surface area (Å²) in [6, 6.07) is 8.18. The summed E-state index contributed by atoms with van der Waals surface area (Å²) in [5.41, 5.74) is 3.45. The molecule has 5 heteroatoms. The van der Waals surface area contributed by atoms with Crippen LogP contribution in [0.1, 0.15) is 66.7 Å². The Morgan fingerprint density at radius 1 is 1.20 bits per heavy atom. The minimum Gasteiger partial charge on any atom is -0.294 e. The number of ketones is 1. The lowest BCUT2D eigenvalue weighted by Gasteiger charge is -2.38. The lowest BCUT2D eigenvalue weighted by Crippen LogP contribution is -2.29. The smallest absolute Gasteiger partial charge is 0.172 e. The van der Waals surface area contributed by atoms with Crippen molar-refractivity contribution in [2.75, 3.05) is 0 Å². The molecule has 1 aromatic carbocycles. The van der Waals surface area contributed by atoms with Gasteiger partial charge in [0.05, 0.1) is 14.9 Å². The van der Waals surface area contributed by atoms with E-state index in [-0.39, 0.29) is 10.1 Å². The third-order valence-corrected chi connectivity index (χ3v) is 8.54. The summed E-state index contributed by atoms with van der Waals surface area (Å²) in [4.78, 5) is 18.0. The first-order valence-corrected chi connectivity index (χ1v) is 11.3. The van der Waals surface area contributed by atoms with Gasteiger partial charge in [-0.05, 0) is 36.7 Å². The summed E-state index contributed by atoms with van der Waals surface area (Å²) in [6.45, 7) is 6.31. The van der Waals surface area contributed by atoms with Gasteiger partial charge in [-0.2, -0.15) is 0 Å². The lowest BCUT2D eigenvalue weighted by atomic mass is 9.73. The molecule has 134 valence electrons. The predicted molar refractivity (Wildman–Crippen MR) is 113 cm³/mol. The number of rotatable bonds is 4. The zero-order chi connectivity index (χ0) is 18.2. The maximum Gasteiger partial charge on any atom is 0.172 e. The van der Waals surface area contributed by atoms with Crippen molar-refractivity contribution in [3.63, 3.8) is 0 Å². The molecule has 0 atom stereocenters. The van der Waals surface area contributed by atoms with E-state index in [1.807, 2.05) is 12.1 Å². The lowest BCUT2D eigenvalue weighted by molar-refractivity contribution is 0.102. The number of hydrogen-bond donors (Lipinski definition) is 0. The summed E-state index contributed by atoms with van der Waals surface area (Å²) in [7, 11) is 0. The first-order chi connectivity index (χ1) is 11.8. The molecule has 1 aliphatic carbocycles. The van der Waals surface area contributed by atoms with Crippen molar-refractivity contribution in [1.29, 1.82) is 0 Å². The summed E-state index contributed by atoms with van der Waals surface area (Å²) < 4.78 is -0.0982. The SMILES string of the molecule is CC(=O)c1sc(C2(Br)CCC(C)(C)CC2)nc1-c1ccccc1CBr. The number of carbonyl (C=O) groups excluding carboxylic acids is 1. The molecule has 0 amide bonds. The molecule has 1 saturated carbocycles. The highest BCUT2D eigenvalue weighted by Crippen LogP contribution is 2.52. The third-order valence-electron chi connectivity index (χ3n) is 5.14. The van der Waals surface area contributed by atoms with Crippen LogP contribution < -0.4 is 0 Å². The summed E-state index contributed by atoms with van der Waals surface area (Å²) in [5.74, 6) is 0.0929. The number of aromatic nitrogens is 1. The number of nitrogens with zero attached hydrogens (tertiary/aromatic N) is 1. The van der Waals surface area contributed by atoms with Crippen molar-refractivity contribution in [1.82, 2.24) is 4.98 Å². The highest BCUT2D eigenvalue weighted by Gasteiger charge is 2.40. The molecule has 1 aromatic heterocycles. The quantitative estimate of drug-likeness (QED) is 0.342. The van der Waals surface area contributed by atoms with E-state index in [1.54, 1.807) is 18.3 Å². The Hall–Kier alpha value is -0.520. The second-order valence-electron chi connectivity index (χ2n) is 7.67. The third kappa shape index (κ3) is 3.93. The minimum absolute atomic E-state index is 0.0929. The van der Waals surface area contributed by atoms with E-state index in [0.29, 0.717) is 5.41 Å². The van der Waals surface area contributed by atoms with E-state index in [9.17, 15) is 4.79 Å². The first-order valence-electron chi connectivity index (χ1n) is 8.61. The van der Waals surface area contributed by atoms with Crippen molar-refractivity contribution < 1.29 is 4.79 Å². The molecule has 25 heavy (non-hydrogen) atoms. The van der Waals surface area contributed by atoms with Crippen molar-refractivity contribution in [3.8, 4) is 11.3 Å². The fourth-order valence-electron chi connectivity index (χ4n) is 3.34. The number of Topliss-reactive ketones (excluding diaryl/α,β-unsaturated/α-hetero) is 1. The average molecular weight is 485 g/mol. The van der Waals surface area contributed by atoms with Gasteiger partial charge in [0.1, 0.15) is 5.01 Å². The van der Waals surface area contributed by atoms with E-state index >= 15 is 0 Å². The van der Waals surface area contributed by atoms with Gasteiger partial charge < -0.3 is 0 Å². The molecule has 0 radical (unpaired) electrons. The van der Waals surface area contributed by atoms with Gasteiger partial charge in [0, 0.05) is 17.8 Å². The second kappa shape index (κ2) is 7.24. The maximum absolute atomic E-state index is 12.3. The van der Waals surface area contributed by atoms with Crippen LogP contribution in [0.5, 0.6) is 0 Å². The fourth-order valence-corrected chi connectivity index (χ4v) is 5.67. The van der Waals surface area contributed by atoms with E-state index in [0.717, 1.165) is 44.9 Å². The number of thiazole rings is 1. The van der Waals surface area contributed by atoms with Crippen LogP contribution in [0, 0.1) is 5.41 Å². The van der Waals surface area contributed by atoms with Crippen LogP contribution in [0.2, 0.25) is 0 Å².